The average molecular weight is 663 g/mol. The van der Waals surface area contributed by atoms with Crippen molar-refractivity contribution in [2.45, 2.75) is 11.3 Å². The summed E-state index contributed by atoms with van der Waals surface area (Å²) in [4.78, 5) is 28.6. The molecule has 0 spiro atoms. The number of nitrogens with one attached hydrogen (secondary N) is 4. The van der Waals surface area contributed by atoms with Gasteiger partial charge in [0, 0.05) is 15.5 Å². The first-order valence-electron chi connectivity index (χ1n) is 10.1. The van der Waals surface area contributed by atoms with Crippen LogP contribution in [0.1, 0.15) is 6.42 Å². The van der Waals surface area contributed by atoms with Gasteiger partial charge in [0.15, 0.2) is 5.75 Å². The van der Waals surface area contributed by atoms with Crippen LogP contribution in [0.15, 0.2) is 74.5 Å². The molecule has 3 rings (SSSR count). The lowest BCUT2D eigenvalue weighted by Gasteiger charge is -2.14. The first kappa shape index (κ1) is 27.7. The minimum Gasteiger partial charge on any atom is -0.504 e. The Morgan fingerprint density at radius 3 is 2.11 bits per heavy atom. The summed E-state index contributed by atoms with van der Waals surface area (Å²) in [5.74, 6) is -1.50. The molecule has 0 atom stereocenters. The van der Waals surface area contributed by atoms with E-state index >= 15 is 0 Å². The Morgan fingerprint density at radius 1 is 0.889 bits per heavy atom. The topological polar surface area (TPSA) is 146 Å². The number of anilines is 3. The summed E-state index contributed by atoms with van der Waals surface area (Å²) in [6, 6.07) is 15.5. The predicted octanol–water partition coefficient (Wildman–Crippen LogP) is 5.45. The van der Waals surface area contributed by atoms with Gasteiger partial charge in [-0.15, -0.1) is 0 Å². The quantitative estimate of drug-likeness (QED) is 0.151. The Hall–Kier alpha value is -2.84. The number of sulfonamides is 1. The highest BCUT2D eigenvalue weighted by atomic mass is 79.9. The van der Waals surface area contributed by atoms with Crippen molar-refractivity contribution < 1.29 is 28.0 Å². The van der Waals surface area contributed by atoms with E-state index in [-0.39, 0.29) is 23.7 Å². The van der Waals surface area contributed by atoms with Gasteiger partial charge in [-0.1, -0.05) is 35.9 Å². The average Bonchev–Trinajstić information content (AvgIpc) is 2.82. The lowest BCUT2D eigenvalue weighted by molar-refractivity contribution is -0.140. The fourth-order valence-corrected chi connectivity index (χ4v) is 5.22. The summed E-state index contributed by atoms with van der Waals surface area (Å²) in [7, 11) is -4.36. The largest absolute Gasteiger partial charge is 0.504 e. The van der Waals surface area contributed by atoms with E-state index in [2.05, 4.69) is 52.7 Å². The van der Waals surface area contributed by atoms with Gasteiger partial charge in [-0.2, -0.15) is 0 Å². The predicted molar refractivity (Wildman–Crippen MR) is 144 cm³/mol. The molecule has 0 aromatic heterocycles. The summed E-state index contributed by atoms with van der Waals surface area (Å²) in [5.41, 5.74) is 3.25. The van der Waals surface area contributed by atoms with Crippen LogP contribution in [0.5, 0.6) is 5.75 Å². The van der Waals surface area contributed by atoms with Crippen molar-refractivity contribution in [1.82, 2.24) is 4.72 Å². The molecule has 0 aliphatic heterocycles. The summed E-state index contributed by atoms with van der Waals surface area (Å²) >= 11 is 12.6. The zero-order valence-electron chi connectivity index (χ0n) is 18.2. The van der Waals surface area contributed by atoms with E-state index in [0.717, 1.165) is 0 Å². The fourth-order valence-electron chi connectivity index (χ4n) is 2.81. The van der Waals surface area contributed by atoms with Crippen molar-refractivity contribution in [2.24, 2.45) is 0 Å². The molecule has 0 radical (unpaired) electrons. The van der Waals surface area contributed by atoms with Crippen molar-refractivity contribution >= 4 is 82.5 Å². The van der Waals surface area contributed by atoms with Gasteiger partial charge in [0.1, 0.15) is 4.90 Å². The molecule has 0 unspecified atom stereocenters. The third-order valence-corrected chi connectivity index (χ3v) is 7.84. The van der Waals surface area contributed by atoms with Crippen LogP contribution in [-0.2, 0) is 19.7 Å². The molecule has 0 saturated heterocycles. The Bertz CT molecular complexity index is 1390. The van der Waals surface area contributed by atoms with Crippen molar-refractivity contribution in [3.05, 3.63) is 74.6 Å². The number of rotatable bonds is 9. The Morgan fingerprint density at radius 2 is 1.47 bits per heavy atom. The number of urea groups is 1. The molecule has 3 aromatic carbocycles. The summed E-state index contributed by atoms with van der Waals surface area (Å²) < 4.78 is 29.1. The normalized spacial score (nSPS) is 11.0. The van der Waals surface area contributed by atoms with E-state index in [1.54, 1.807) is 48.5 Å². The molecular formula is C22H19Br2ClN4O6S. The van der Waals surface area contributed by atoms with Gasteiger partial charge in [0.2, 0.25) is 10.0 Å². The van der Waals surface area contributed by atoms with Crippen LogP contribution in [0.2, 0.25) is 5.02 Å². The second-order valence-electron chi connectivity index (χ2n) is 7.04. The van der Waals surface area contributed by atoms with E-state index in [4.69, 9.17) is 16.4 Å². The number of phenolic OH excluding ortho intramolecular Hbond substituents is 1. The van der Waals surface area contributed by atoms with Crippen LogP contribution in [0, 0.1) is 0 Å². The number of hydrogen-bond donors (Lipinski definition) is 5. The first-order chi connectivity index (χ1) is 17.1. The number of aromatic hydroxyl groups is 1. The monoisotopic (exact) mass is 660 g/mol. The van der Waals surface area contributed by atoms with E-state index in [1.165, 1.54) is 12.1 Å². The summed E-state index contributed by atoms with van der Waals surface area (Å²) in [6.45, 7) is -0.339. The van der Waals surface area contributed by atoms with Crippen molar-refractivity contribution in [2.75, 3.05) is 22.7 Å². The SMILES string of the molecule is O=C(Nc1ccccc1Br)Nc1ccc(Cl)c(S(=O)(=O)NCCC(=O)ONc2ccccc2Br)c1O. The maximum Gasteiger partial charge on any atom is 0.333 e. The number of benzene rings is 3. The van der Waals surface area contributed by atoms with Crippen LogP contribution in [-0.4, -0.2) is 32.1 Å². The standard InChI is InChI=1S/C22H19Br2ClN4O6S/c23-13-5-1-3-7-16(13)27-22(32)28-18-10-9-15(25)21(20(18)31)36(33,34)26-12-11-19(30)35-29-17-8-4-2-6-14(17)24/h1-10,26,29,31H,11-12H2,(H2,27,28,32). The van der Waals surface area contributed by atoms with Crippen LogP contribution in [0.3, 0.4) is 0 Å². The minimum absolute atomic E-state index is 0.193. The molecular weight excluding hydrogens is 644 g/mol. The molecule has 36 heavy (non-hydrogen) atoms. The summed E-state index contributed by atoms with van der Waals surface area (Å²) in [5, 5.41) is 15.2. The maximum absolute atomic E-state index is 12.8. The van der Waals surface area contributed by atoms with Gasteiger partial charge in [-0.3, -0.25) is 0 Å². The molecule has 0 fully saturated rings. The Balaban J connectivity index is 1.62. The van der Waals surface area contributed by atoms with Crippen LogP contribution in [0.25, 0.3) is 0 Å². The van der Waals surface area contributed by atoms with Crippen molar-refractivity contribution in [1.29, 1.82) is 0 Å². The molecule has 0 aliphatic rings. The lowest BCUT2D eigenvalue weighted by atomic mass is 10.3. The molecule has 0 saturated carbocycles. The van der Waals surface area contributed by atoms with Crippen LogP contribution < -0.4 is 20.8 Å². The van der Waals surface area contributed by atoms with E-state index in [9.17, 15) is 23.1 Å². The fraction of sp³-hybridized carbons (Fsp3) is 0.0909. The number of carbonyl (C=O) groups excluding carboxylic acids is 2. The molecule has 3 aromatic rings. The number of hydrogen-bond acceptors (Lipinski definition) is 7. The lowest BCUT2D eigenvalue weighted by Crippen LogP contribution is -2.28. The zero-order chi connectivity index (χ0) is 26.3. The van der Waals surface area contributed by atoms with E-state index in [0.29, 0.717) is 20.3 Å². The van der Waals surface area contributed by atoms with E-state index < -0.39 is 32.7 Å². The van der Waals surface area contributed by atoms with Gasteiger partial charge >= 0.3 is 12.0 Å². The Labute approximate surface area is 228 Å². The van der Waals surface area contributed by atoms with E-state index in [1.807, 2.05) is 0 Å². The third-order valence-electron chi connectivity index (χ3n) is 4.49. The maximum atomic E-state index is 12.8. The number of phenols is 1. The number of carbonyl (C=O) groups is 2. The molecule has 2 amide bonds. The third kappa shape index (κ3) is 7.34. The first-order valence-corrected chi connectivity index (χ1v) is 13.6. The van der Waals surface area contributed by atoms with Gasteiger partial charge in [0.25, 0.3) is 0 Å². The number of halogens is 3. The van der Waals surface area contributed by atoms with Crippen LogP contribution >= 0.6 is 43.5 Å². The molecule has 0 bridgehead atoms. The second-order valence-corrected chi connectivity index (χ2v) is 10.9. The summed E-state index contributed by atoms with van der Waals surface area (Å²) in [6.07, 6.45) is -0.318. The zero-order valence-corrected chi connectivity index (χ0v) is 23.0. The highest BCUT2D eigenvalue weighted by Gasteiger charge is 2.25. The van der Waals surface area contributed by atoms with Gasteiger partial charge in [-0.25, -0.2) is 28.2 Å². The second kappa shape index (κ2) is 12.4. The number of amides is 2. The van der Waals surface area contributed by atoms with Crippen molar-refractivity contribution in [3.63, 3.8) is 0 Å². The highest BCUT2D eigenvalue weighted by molar-refractivity contribution is 9.11. The number of para-hydroxylation sites is 2. The van der Waals surface area contributed by atoms with Gasteiger partial charge in [-0.05, 0) is 68.3 Å². The van der Waals surface area contributed by atoms with Gasteiger partial charge < -0.3 is 20.6 Å². The minimum atomic E-state index is -4.36. The molecule has 190 valence electrons. The Kier molecular flexibility index (Phi) is 9.56. The molecule has 0 heterocycles. The highest BCUT2D eigenvalue weighted by Crippen LogP contribution is 2.37. The molecule has 10 nitrogen and oxygen atoms in total. The smallest absolute Gasteiger partial charge is 0.333 e. The molecule has 5 N–H and O–H groups in total. The van der Waals surface area contributed by atoms with Crippen LogP contribution in [0.4, 0.5) is 21.9 Å². The van der Waals surface area contributed by atoms with Crippen molar-refractivity contribution in [3.8, 4) is 5.75 Å². The van der Waals surface area contributed by atoms with Gasteiger partial charge in [0.05, 0.1) is 28.5 Å². The molecule has 14 heteroatoms. The molecule has 0 aliphatic carbocycles.